The number of likely N-dealkylation sites (tertiary alicyclic amines) is 1. The Labute approximate surface area is 141 Å². The van der Waals surface area contributed by atoms with Crippen molar-refractivity contribution in [3.63, 3.8) is 0 Å². The highest BCUT2D eigenvalue weighted by molar-refractivity contribution is 7.99. The Morgan fingerprint density at radius 2 is 1.91 bits per heavy atom. The number of hydrogen-bond acceptors (Lipinski definition) is 5. The van der Waals surface area contributed by atoms with Gasteiger partial charge in [0.2, 0.25) is 11.8 Å². The first kappa shape index (κ1) is 17.0. The number of amides is 2. The Morgan fingerprint density at radius 1 is 1.22 bits per heavy atom. The molecule has 6 nitrogen and oxygen atoms in total. The quantitative estimate of drug-likeness (QED) is 0.774. The fourth-order valence-electron chi connectivity index (χ4n) is 3.43. The zero-order valence-electron chi connectivity index (χ0n) is 13.8. The van der Waals surface area contributed by atoms with Gasteiger partial charge in [-0.2, -0.15) is 0 Å². The predicted octanol–water partition coefficient (Wildman–Crippen LogP) is 1.44. The highest BCUT2D eigenvalue weighted by atomic mass is 32.2. The van der Waals surface area contributed by atoms with Crippen molar-refractivity contribution in [1.82, 2.24) is 9.80 Å². The summed E-state index contributed by atoms with van der Waals surface area (Å²) in [6.07, 6.45) is 3.89. The molecule has 3 rings (SSSR count). The summed E-state index contributed by atoms with van der Waals surface area (Å²) in [4.78, 5) is 28.8. The van der Waals surface area contributed by atoms with Crippen molar-refractivity contribution < 1.29 is 19.1 Å². The van der Waals surface area contributed by atoms with Crippen LogP contribution in [0, 0.1) is 0 Å². The molecule has 7 heteroatoms. The van der Waals surface area contributed by atoms with Crippen molar-refractivity contribution in [3.8, 4) is 0 Å². The molecule has 3 aliphatic rings. The number of ether oxygens (including phenoxy) is 2. The van der Waals surface area contributed by atoms with E-state index in [4.69, 9.17) is 9.47 Å². The molecule has 0 aromatic heterocycles. The van der Waals surface area contributed by atoms with Crippen molar-refractivity contribution in [2.75, 3.05) is 37.9 Å². The molecule has 0 N–H and O–H groups in total. The fraction of sp³-hybridized carbons (Fsp3) is 0.875. The Hall–Kier alpha value is -0.790. The average Bonchev–Trinajstić information content (AvgIpc) is 3.22. The number of nitrogens with zero attached hydrogens (tertiary/aromatic N) is 2. The largest absolute Gasteiger partial charge is 0.347 e. The standard InChI is InChI=1S/C16H26N2O4S/c1-2-3-4-14(19)18-12-23-11-13(18)15(20)17-7-5-16(6-8-17)21-9-10-22-16/h13H,2-12H2,1H3. The monoisotopic (exact) mass is 342 g/mol. The number of hydrogen-bond donors (Lipinski definition) is 0. The second kappa shape index (κ2) is 7.40. The third-order valence-corrected chi connectivity index (χ3v) is 5.89. The smallest absolute Gasteiger partial charge is 0.246 e. The summed E-state index contributed by atoms with van der Waals surface area (Å²) < 4.78 is 11.4. The Bertz CT molecular complexity index is 443. The molecule has 0 aromatic rings. The Balaban J connectivity index is 1.56. The Kier molecular flexibility index (Phi) is 5.49. The van der Waals surface area contributed by atoms with Gasteiger partial charge in [0, 0.05) is 38.1 Å². The highest BCUT2D eigenvalue weighted by Crippen LogP contribution is 2.32. The van der Waals surface area contributed by atoms with Crippen LogP contribution in [-0.4, -0.2) is 71.4 Å². The summed E-state index contributed by atoms with van der Waals surface area (Å²) in [5.74, 6) is 1.10. The molecule has 1 spiro atoms. The first-order chi connectivity index (χ1) is 11.2. The summed E-state index contributed by atoms with van der Waals surface area (Å²) in [6.45, 7) is 4.67. The van der Waals surface area contributed by atoms with Crippen molar-refractivity contribution in [2.45, 2.75) is 50.9 Å². The Morgan fingerprint density at radius 3 is 2.57 bits per heavy atom. The molecule has 0 aromatic carbocycles. The number of thioether (sulfide) groups is 1. The molecular formula is C16H26N2O4S. The number of carbonyl (C=O) groups excluding carboxylic acids is 2. The van der Waals surface area contributed by atoms with Crippen LogP contribution in [0.1, 0.15) is 39.0 Å². The van der Waals surface area contributed by atoms with Crippen LogP contribution in [0.5, 0.6) is 0 Å². The van der Waals surface area contributed by atoms with Crippen LogP contribution < -0.4 is 0 Å². The summed E-state index contributed by atoms with van der Waals surface area (Å²) in [5, 5.41) is 0. The zero-order valence-corrected chi connectivity index (χ0v) is 14.6. The van der Waals surface area contributed by atoms with Gasteiger partial charge in [0.05, 0.1) is 19.1 Å². The van der Waals surface area contributed by atoms with E-state index in [9.17, 15) is 9.59 Å². The first-order valence-electron chi connectivity index (χ1n) is 8.59. The van der Waals surface area contributed by atoms with E-state index in [2.05, 4.69) is 6.92 Å². The van der Waals surface area contributed by atoms with Crippen molar-refractivity contribution >= 4 is 23.6 Å². The minimum absolute atomic E-state index is 0.0905. The van der Waals surface area contributed by atoms with Gasteiger partial charge >= 0.3 is 0 Å². The molecule has 23 heavy (non-hydrogen) atoms. The van der Waals surface area contributed by atoms with Crippen LogP contribution in [0.15, 0.2) is 0 Å². The van der Waals surface area contributed by atoms with Gasteiger partial charge in [-0.25, -0.2) is 0 Å². The van der Waals surface area contributed by atoms with Gasteiger partial charge in [0.25, 0.3) is 0 Å². The van der Waals surface area contributed by atoms with E-state index >= 15 is 0 Å². The van der Waals surface area contributed by atoms with E-state index < -0.39 is 5.79 Å². The lowest BCUT2D eigenvalue weighted by Gasteiger charge is -2.39. The molecule has 1 atom stereocenters. The maximum absolute atomic E-state index is 12.8. The lowest BCUT2D eigenvalue weighted by atomic mass is 10.0. The molecule has 0 bridgehead atoms. The number of rotatable bonds is 4. The molecule has 2 amide bonds. The molecule has 3 fully saturated rings. The molecule has 3 aliphatic heterocycles. The maximum atomic E-state index is 12.8. The maximum Gasteiger partial charge on any atom is 0.246 e. The molecule has 0 saturated carbocycles. The van der Waals surface area contributed by atoms with E-state index in [0.29, 0.717) is 44.4 Å². The third-order valence-electron chi connectivity index (χ3n) is 4.88. The first-order valence-corrected chi connectivity index (χ1v) is 9.74. The van der Waals surface area contributed by atoms with Crippen LogP contribution in [0.3, 0.4) is 0 Å². The molecule has 1 unspecified atom stereocenters. The lowest BCUT2D eigenvalue weighted by Crippen LogP contribution is -2.53. The SMILES string of the molecule is CCCCC(=O)N1CSCC1C(=O)N1CCC2(CC1)OCCO2. The van der Waals surface area contributed by atoms with Crippen LogP contribution in [0.4, 0.5) is 0 Å². The normalized spacial score (nSPS) is 26.9. The topological polar surface area (TPSA) is 59.1 Å². The molecule has 3 heterocycles. The molecular weight excluding hydrogens is 316 g/mol. The van der Waals surface area contributed by atoms with Crippen LogP contribution in [-0.2, 0) is 19.1 Å². The van der Waals surface area contributed by atoms with Crippen molar-refractivity contribution in [3.05, 3.63) is 0 Å². The fourth-order valence-corrected chi connectivity index (χ4v) is 4.60. The minimum Gasteiger partial charge on any atom is -0.347 e. The van der Waals surface area contributed by atoms with Gasteiger partial charge in [-0.3, -0.25) is 9.59 Å². The van der Waals surface area contributed by atoms with Gasteiger partial charge < -0.3 is 19.3 Å². The van der Waals surface area contributed by atoms with Crippen molar-refractivity contribution in [2.24, 2.45) is 0 Å². The van der Waals surface area contributed by atoms with E-state index in [0.717, 1.165) is 25.7 Å². The summed E-state index contributed by atoms with van der Waals surface area (Å²) in [6, 6.07) is -0.288. The number of carbonyl (C=O) groups is 2. The summed E-state index contributed by atoms with van der Waals surface area (Å²) >= 11 is 1.67. The van der Waals surface area contributed by atoms with E-state index in [1.165, 1.54) is 0 Å². The second-order valence-corrected chi connectivity index (χ2v) is 7.42. The summed E-state index contributed by atoms with van der Waals surface area (Å²) in [5.41, 5.74) is 0. The molecule has 0 radical (unpaired) electrons. The molecule has 130 valence electrons. The van der Waals surface area contributed by atoms with Gasteiger partial charge in [-0.15, -0.1) is 11.8 Å². The van der Waals surface area contributed by atoms with Crippen LogP contribution in [0.25, 0.3) is 0 Å². The van der Waals surface area contributed by atoms with Gasteiger partial charge in [-0.05, 0) is 6.42 Å². The molecule has 0 aliphatic carbocycles. The summed E-state index contributed by atoms with van der Waals surface area (Å²) in [7, 11) is 0. The van der Waals surface area contributed by atoms with E-state index in [-0.39, 0.29) is 17.9 Å². The van der Waals surface area contributed by atoms with Crippen LogP contribution >= 0.6 is 11.8 Å². The van der Waals surface area contributed by atoms with Crippen LogP contribution in [0.2, 0.25) is 0 Å². The van der Waals surface area contributed by atoms with Gasteiger partial charge in [-0.1, -0.05) is 13.3 Å². The molecule has 3 saturated heterocycles. The number of unbranched alkanes of at least 4 members (excludes halogenated alkanes) is 1. The van der Waals surface area contributed by atoms with Gasteiger partial charge in [0.1, 0.15) is 6.04 Å². The average molecular weight is 342 g/mol. The minimum atomic E-state index is -0.460. The van der Waals surface area contributed by atoms with E-state index in [1.807, 2.05) is 4.90 Å². The highest BCUT2D eigenvalue weighted by Gasteiger charge is 2.43. The van der Waals surface area contributed by atoms with E-state index in [1.54, 1.807) is 16.7 Å². The second-order valence-electron chi connectivity index (χ2n) is 6.42. The third kappa shape index (κ3) is 3.67. The lowest BCUT2D eigenvalue weighted by molar-refractivity contribution is -0.188. The number of piperidine rings is 1. The van der Waals surface area contributed by atoms with Gasteiger partial charge in [0.15, 0.2) is 5.79 Å². The predicted molar refractivity (Wildman–Crippen MR) is 87.9 cm³/mol. The van der Waals surface area contributed by atoms with Crippen molar-refractivity contribution in [1.29, 1.82) is 0 Å². The zero-order chi connectivity index (χ0) is 16.3.